The molecule has 18 heavy (non-hydrogen) atoms. The summed E-state index contributed by atoms with van der Waals surface area (Å²) in [5.41, 5.74) is 0.468. The highest BCUT2D eigenvalue weighted by Gasteiger charge is 2.06. The van der Waals surface area contributed by atoms with E-state index in [9.17, 15) is 12.3 Å². The van der Waals surface area contributed by atoms with Crippen molar-refractivity contribution >= 4 is 10.2 Å². The highest BCUT2D eigenvalue weighted by Crippen LogP contribution is 2.05. The lowest BCUT2D eigenvalue weighted by Gasteiger charge is -1.94. The zero-order valence-corrected chi connectivity index (χ0v) is 10.7. The molecule has 104 valence electrons. The van der Waals surface area contributed by atoms with E-state index in [1.807, 2.05) is 0 Å². The van der Waals surface area contributed by atoms with Crippen LogP contribution in [0.2, 0.25) is 0 Å². The molecule has 0 saturated heterocycles. The van der Waals surface area contributed by atoms with E-state index in [4.69, 9.17) is 10.2 Å². The van der Waals surface area contributed by atoms with Crippen LogP contribution in [0, 0.1) is 0 Å². The number of nitrogens with one attached hydrogen (secondary N) is 1. The molecule has 1 aromatic carbocycles. The third-order valence-electron chi connectivity index (χ3n) is 1.76. The average Bonchev–Trinajstić information content (AvgIpc) is 2.30. The van der Waals surface area contributed by atoms with Gasteiger partial charge in [0.15, 0.2) is 0 Å². The SMILES string of the molecule is O=S(=O)(F)Cc1ccccc1.OCCNCCO. The second kappa shape index (κ2) is 9.95. The van der Waals surface area contributed by atoms with E-state index >= 15 is 0 Å². The van der Waals surface area contributed by atoms with Gasteiger partial charge < -0.3 is 15.5 Å². The molecule has 0 bridgehead atoms. The molecule has 0 spiro atoms. The largest absolute Gasteiger partial charge is 0.395 e. The molecule has 0 aliphatic rings. The summed E-state index contributed by atoms with van der Waals surface area (Å²) in [6.45, 7) is 1.42. The van der Waals surface area contributed by atoms with Gasteiger partial charge in [-0.2, -0.15) is 8.42 Å². The van der Waals surface area contributed by atoms with Crippen molar-refractivity contribution in [3.8, 4) is 0 Å². The lowest BCUT2D eigenvalue weighted by atomic mass is 10.2. The second-order valence-corrected chi connectivity index (χ2v) is 4.73. The number of aliphatic hydroxyl groups excluding tert-OH is 2. The molecule has 0 heterocycles. The fourth-order valence-electron chi connectivity index (χ4n) is 1.06. The van der Waals surface area contributed by atoms with Crippen LogP contribution in [0.3, 0.4) is 0 Å². The molecule has 1 aromatic rings. The summed E-state index contributed by atoms with van der Waals surface area (Å²) in [6.07, 6.45) is 0. The number of aliphatic hydroxyl groups is 2. The Bertz CT molecular complexity index is 393. The highest BCUT2D eigenvalue weighted by atomic mass is 32.3. The molecular formula is C11H18FNO4S. The first kappa shape index (κ1) is 17.0. The van der Waals surface area contributed by atoms with Crippen molar-refractivity contribution < 1.29 is 22.5 Å². The molecule has 3 N–H and O–H groups in total. The van der Waals surface area contributed by atoms with Crippen molar-refractivity contribution in [1.82, 2.24) is 5.32 Å². The molecule has 1 rings (SSSR count). The van der Waals surface area contributed by atoms with Gasteiger partial charge in [-0.15, -0.1) is 3.89 Å². The van der Waals surface area contributed by atoms with Crippen LogP contribution in [0.4, 0.5) is 3.89 Å². The molecule has 0 atom stereocenters. The zero-order valence-electron chi connectivity index (χ0n) is 9.92. The summed E-state index contributed by atoms with van der Waals surface area (Å²) in [5.74, 6) is -0.534. The van der Waals surface area contributed by atoms with Crippen LogP contribution in [0.25, 0.3) is 0 Å². The van der Waals surface area contributed by atoms with Gasteiger partial charge in [0, 0.05) is 13.1 Å². The van der Waals surface area contributed by atoms with E-state index in [1.54, 1.807) is 30.3 Å². The van der Waals surface area contributed by atoms with Gasteiger partial charge in [-0.3, -0.25) is 0 Å². The van der Waals surface area contributed by atoms with Crippen molar-refractivity contribution in [1.29, 1.82) is 0 Å². The lowest BCUT2D eigenvalue weighted by molar-refractivity contribution is 0.266. The van der Waals surface area contributed by atoms with Crippen LogP contribution in [0.5, 0.6) is 0 Å². The van der Waals surface area contributed by atoms with Gasteiger partial charge in [0.1, 0.15) is 5.75 Å². The van der Waals surface area contributed by atoms with Gasteiger partial charge in [0.25, 0.3) is 0 Å². The average molecular weight is 279 g/mol. The van der Waals surface area contributed by atoms with Crippen LogP contribution < -0.4 is 5.32 Å². The molecule has 0 aromatic heterocycles. The molecule has 5 nitrogen and oxygen atoms in total. The summed E-state index contributed by atoms with van der Waals surface area (Å²) >= 11 is 0. The molecule has 0 aliphatic heterocycles. The molecule has 0 fully saturated rings. The molecule has 0 radical (unpaired) electrons. The maximum atomic E-state index is 12.0. The Morgan fingerprint density at radius 3 is 1.94 bits per heavy atom. The summed E-state index contributed by atoms with van der Waals surface area (Å²) < 4.78 is 32.3. The molecule has 7 heteroatoms. The topological polar surface area (TPSA) is 86.6 Å². The highest BCUT2D eigenvalue weighted by molar-refractivity contribution is 7.85. The number of hydrogen-bond acceptors (Lipinski definition) is 5. The number of hydrogen-bond donors (Lipinski definition) is 3. The van der Waals surface area contributed by atoms with Crippen LogP contribution in [-0.4, -0.2) is 44.9 Å². The first-order valence-corrected chi connectivity index (χ1v) is 6.93. The quantitative estimate of drug-likeness (QED) is 0.506. The van der Waals surface area contributed by atoms with Crippen LogP contribution in [0.15, 0.2) is 30.3 Å². The van der Waals surface area contributed by atoms with E-state index in [0.29, 0.717) is 18.7 Å². The Kier molecular flexibility index (Phi) is 9.39. The van der Waals surface area contributed by atoms with Gasteiger partial charge in [-0.1, -0.05) is 30.3 Å². The van der Waals surface area contributed by atoms with Crippen molar-refractivity contribution in [3.63, 3.8) is 0 Å². The molecular weight excluding hydrogens is 261 g/mol. The third-order valence-corrected chi connectivity index (χ3v) is 2.44. The Morgan fingerprint density at radius 2 is 1.56 bits per heavy atom. The zero-order chi connectivity index (χ0) is 13.9. The van der Waals surface area contributed by atoms with Crippen molar-refractivity contribution in [2.45, 2.75) is 5.75 Å². The molecule has 0 saturated carbocycles. The Labute approximate surface area is 106 Å². The normalized spacial score (nSPS) is 10.6. The van der Waals surface area contributed by atoms with Gasteiger partial charge >= 0.3 is 10.2 Å². The molecule has 0 amide bonds. The maximum absolute atomic E-state index is 12.0. The monoisotopic (exact) mass is 279 g/mol. The fourth-order valence-corrected chi connectivity index (χ4v) is 1.65. The van der Waals surface area contributed by atoms with Gasteiger partial charge in [-0.25, -0.2) is 0 Å². The summed E-state index contributed by atoms with van der Waals surface area (Å²) in [7, 11) is -4.38. The fraction of sp³-hybridized carbons (Fsp3) is 0.455. The van der Waals surface area contributed by atoms with Gasteiger partial charge in [-0.05, 0) is 5.56 Å². The first-order chi connectivity index (χ1) is 8.49. The Hall–Kier alpha value is -1.02. The van der Waals surface area contributed by atoms with Crippen LogP contribution >= 0.6 is 0 Å². The first-order valence-electron chi connectivity index (χ1n) is 5.38. The summed E-state index contributed by atoms with van der Waals surface area (Å²) in [4.78, 5) is 0. The van der Waals surface area contributed by atoms with Crippen molar-refractivity contribution in [2.75, 3.05) is 26.3 Å². The van der Waals surface area contributed by atoms with E-state index in [1.165, 1.54) is 0 Å². The predicted octanol–water partition coefficient (Wildman–Crippen LogP) is 0.0465. The van der Waals surface area contributed by atoms with E-state index < -0.39 is 16.0 Å². The maximum Gasteiger partial charge on any atom is 0.306 e. The van der Waals surface area contributed by atoms with Gasteiger partial charge in [0.2, 0.25) is 0 Å². The molecule has 0 aliphatic carbocycles. The Morgan fingerprint density at radius 1 is 1.06 bits per heavy atom. The number of benzene rings is 1. The standard InChI is InChI=1S/C7H7FO2S.C4H11NO2/c8-11(9,10)6-7-4-2-1-3-5-7;6-3-1-5-2-4-7/h1-5H,6H2;5-7H,1-4H2. The lowest BCUT2D eigenvalue weighted by Crippen LogP contribution is -2.21. The number of rotatable bonds is 6. The summed E-state index contributed by atoms with van der Waals surface area (Å²) in [5, 5.41) is 19.1. The van der Waals surface area contributed by atoms with Crippen molar-refractivity contribution in [3.05, 3.63) is 35.9 Å². The van der Waals surface area contributed by atoms with Crippen LogP contribution in [-0.2, 0) is 16.0 Å². The Balaban J connectivity index is 0.000000360. The van der Waals surface area contributed by atoms with E-state index in [-0.39, 0.29) is 13.2 Å². The van der Waals surface area contributed by atoms with E-state index in [0.717, 1.165) is 0 Å². The third kappa shape index (κ3) is 11.5. The summed E-state index contributed by atoms with van der Waals surface area (Å²) in [6, 6.07) is 8.21. The number of halogens is 1. The minimum atomic E-state index is -4.38. The van der Waals surface area contributed by atoms with Crippen molar-refractivity contribution in [2.24, 2.45) is 0 Å². The predicted molar refractivity (Wildman–Crippen MR) is 67.2 cm³/mol. The minimum absolute atomic E-state index is 0.139. The van der Waals surface area contributed by atoms with Crippen LogP contribution in [0.1, 0.15) is 5.56 Å². The van der Waals surface area contributed by atoms with Gasteiger partial charge in [0.05, 0.1) is 13.2 Å². The second-order valence-electron chi connectivity index (χ2n) is 3.37. The molecule has 0 unspecified atom stereocenters. The minimum Gasteiger partial charge on any atom is -0.395 e. The smallest absolute Gasteiger partial charge is 0.306 e. The van der Waals surface area contributed by atoms with E-state index in [2.05, 4.69) is 5.32 Å².